The molecule has 2 heterocycles. The summed E-state index contributed by atoms with van der Waals surface area (Å²) in [6.45, 7) is 0. The summed E-state index contributed by atoms with van der Waals surface area (Å²) in [6, 6.07) is 23.4. The number of hydrogen-bond donors (Lipinski definition) is 0. The molecule has 116 valence electrons. The van der Waals surface area contributed by atoms with Gasteiger partial charge in [-0.05, 0) is 48.5 Å². The van der Waals surface area contributed by atoms with E-state index < -0.39 is 0 Å². The third kappa shape index (κ3) is 3.03. The number of pyridine rings is 1. The molecule has 0 N–H and O–H groups in total. The van der Waals surface area contributed by atoms with Crippen LogP contribution in [0.3, 0.4) is 0 Å². The number of nitrogens with zero attached hydrogens (tertiary/aromatic N) is 3. The van der Waals surface area contributed by atoms with Crippen molar-refractivity contribution in [1.29, 1.82) is 0 Å². The van der Waals surface area contributed by atoms with Crippen LogP contribution in [0.25, 0.3) is 16.9 Å². The van der Waals surface area contributed by atoms with Crippen LogP contribution in [-0.4, -0.2) is 14.8 Å². The SMILES string of the molecule is c1ccc(Oc2ccc(-n3cc(-c4ccccn4)cn3)cc2)cc1. The van der Waals surface area contributed by atoms with Gasteiger partial charge in [0.1, 0.15) is 11.5 Å². The molecule has 0 atom stereocenters. The first kappa shape index (κ1) is 14.2. The molecule has 4 rings (SSSR count). The fourth-order valence-corrected chi connectivity index (χ4v) is 2.42. The Morgan fingerprint density at radius 3 is 2.25 bits per heavy atom. The minimum Gasteiger partial charge on any atom is -0.457 e. The maximum Gasteiger partial charge on any atom is 0.127 e. The highest BCUT2D eigenvalue weighted by Crippen LogP contribution is 2.23. The van der Waals surface area contributed by atoms with Gasteiger partial charge in [-0.25, -0.2) is 4.68 Å². The molecule has 0 aliphatic rings. The van der Waals surface area contributed by atoms with Crippen LogP contribution in [0.2, 0.25) is 0 Å². The summed E-state index contributed by atoms with van der Waals surface area (Å²) < 4.78 is 7.63. The fourth-order valence-electron chi connectivity index (χ4n) is 2.42. The lowest BCUT2D eigenvalue weighted by atomic mass is 10.2. The van der Waals surface area contributed by atoms with Crippen LogP contribution >= 0.6 is 0 Å². The molecule has 0 saturated carbocycles. The maximum absolute atomic E-state index is 5.80. The van der Waals surface area contributed by atoms with E-state index >= 15 is 0 Å². The Bertz CT molecular complexity index is 916. The first-order valence-corrected chi connectivity index (χ1v) is 7.68. The van der Waals surface area contributed by atoms with Crippen molar-refractivity contribution in [3.05, 3.63) is 91.4 Å². The van der Waals surface area contributed by atoms with Crippen molar-refractivity contribution in [2.75, 3.05) is 0 Å². The molecule has 0 amide bonds. The summed E-state index contributed by atoms with van der Waals surface area (Å²) in [5, 5.41) is 4.41. The first-order chi connectivity index (χ1) is 11.9. The molecule has 0 radical (unpaired) electrons. The first-order valence-electron chi connectivity index (χ1n) is 7.68. The molecule has 0 spiro atoms. The molecule has 0 fully saturated rings. The fraction of sp³-hybridized carbons (Fsp3) is 0. The predicted molar refractivity (Wildman–Crippen MR) is 93.3 cm³/mol. The van der Waals surface area contributed by atoms with E-state index in [0.29, 0.717) is 0 Å². The van der Waals surface area contributed by atoms with Crippen LogP contribution in [0.1, 0.15) is 0 Å². The van der Waals surface area contributed by atoms with Gasteiger partial charge in [0.25, 0.3) is 0 Å². The zero-order valence-electron chi connectivity index (χ0n) is 12.9. The van der Waals surface area contributed by atoms with Crippen molar-refractivity contribution in [3.8, 4) is 28.4 Å². The highest BCUT2D eigenvalue weighted by Gasteiger charge is 2.04. The second-order valence-electron chi connectivity index (χ2n) is 5.30. The third-order valence-electron chi connectivity index (χ3n) is 3.62. The van der Waals surface area contributed by atoms with Gasteiger partial charge in [0, 0.05) is 18.0 Å². The van der Waals surface area contributed by atoms with Crippen LogP contribution in [0.4, 0.5) is 0 Å². The van der Waals surface area contributed by atoms with E-state index in [9.17, 15) is 0 Å². The van der Waals surface area contributed by atoms with Gasteiger partial charge in [0.15, 0.2) is 0 Å². The van der Waals surface area contributed by atoms with Crippen molar-refractivity contribution < 1.29 is 4.74 Å². The summed E-state index contributed by atoms with van der Waals surface area (Å²) in [5.74, 6) is 1.61. The summed E-state index contributed by atoms with van der Waals surface area (Å²) >= 11 is 0. The molecule has 24 heavy (non-hydrogen) atoms. The average molecular weight is 313 g/mol. The van der Waals surface area contributed by atoms with Gasteiger partial charge >= 0.3 is 0 Å². The van der Waals surface area contributed by atoms with E-state index in [1.807, 2.05) is 89.9 Å². The van der Waals surface area contributed by atoms with Crippen molar-refractivity contribution in [1.82, 2.24) is 14.8 Å². The Morgan fingerprint density at radius 1 is 0.750 bits per heavy atom. The van der Waals surface area contributed by atoms with Crippen molar-refractivity contribution >= 4 is 0 Å². The van der Waals surface area contributed by atoms with Crippen LogP contribution in [-0.2, 0) is 0 Å². The van der Waals surface area contributed by atoms with E-state index in [1.165, 1.54) is 0 Å². The molecule has 0 unspecified atom stereocenters. The lowest BCUT2D eigenvalue weighted by molar-refractivity contribution is 0.482. The minimum absolute atomic E-state index is 0.794. The normalized spacial score (nSPS) is 10.5. The molecule has 4 nitrogen and oxygen atoms in total. The lowest BCUT2D eigenvalue weighted by Crippen LogP contribution is -1.93. The van der Waals surface area contributed by atoms with E-state index in [4.69, 9.17) is 4.74 Å². The number of aromatic nitrogens is 3. The molecule has 0 aliphatic carbocycles. The number of hydrogen-bond acceptors (Lipinski definition) is 3. The van der Waals surface area contributed by atoms with E-state index in [1.54, 1.807) is 6.20 Å². The molecule has 2 aromatic carbocycles. The van der Waals surface area contributed by atoms with E-state index in [0.717, 1.165) is 28.4 Å². The molecule has 2 aromatic heterocycles. The quantitative estimate of drug-likeness (QED) is 0.547. The van der Waals surface area contributed by atoms with Crippen molar-refractivity contribution in [3.63, 3.8) is 0 Å². The number of rotatable bonds is 4. The van der Waals surface area contributed by atoms with Gasteiger partial charge in [0.2, 0.25) is 0 Å². The number of para-hydroxylation sites is 1. The molecule has 0 aliphatic heterocycles. The number of benzene rings is 2. The van der Waals surface area contributed by atoms with Crippen molar-refractivity contribution in [2.45, 2.75) is 0 Å². The molecule has 0 bridgehead atoms. The van der Waals surface area contributed by atoms with Gasteiger partial charge in [-0.2, -0.15) is 5.10 Å². The van der Waals surface area contributed by atoms with Gasteiger partial charge < -0.3 is 4.74 Å². The van der Waals surface area contributed by atoms with Gasteiger partial charge in [0.05, 0.1) is 17.6 Å². The molecule has 4 heteroatoms. The summed E-state index contributed by atoms with van der Waals surface area (Å²) in [7, 11) is 0. The maximum atomic E-state index is 5.80. The average Bonchev–Trinajstić information content (AvgIpc) is 3.14. The molecular weight excluding hydrogens is 298 g/mol. The Hall–Kier alpha value is -3.40. The Labute approximate surface area is 140 Å². The van der Waals surface area contributed by atoms with Crippen LogP contribution in [0.15, 0.2) is 91.4 Å². The van der Waals surface area contributed by atoms with Crippen molar-refractivity contribution in [2.24, 2.45) is 0 Å². The smallest absolute Gasteiger partial charge is 0.127 e. The Balaban J connectivity index is 1.54. The zero-order chi connectivity index (χ0) is 16.2. The molecular formula is C20H15N3O. The monoisotopic (exact) mass is 313 g/mol. The van der Waals surface area contributed by atoms with Gasteiger partial charge in [-0.3, -0.25) is 4.98 Å². The standard InChI is InChI=1S/C20H15N3O/c1-2-6-18(7-3-1)24-19-11-9-17(10-12-19)23-15-16(14-22-23)20-8-4-5-13-21-20/h1-15H. The summed E-state index contributed by atoms with van der Waals surface area (Å²) in [6.07, 6.45) is 5.56. The second-order valence-corrected chi connectivity index (χ2v) is 5.30. The summed E-state index contributed by atoms with van der Waals surface area (Å²) in [4.78, 5) is 4.34. The highest BCUT2D eigenvalue weighted by atomic mass is 16.5. The van der Waals surface area contributed by atoms with E-state index in [-0.39, 0.29) is 0 Å². The highest BCUT2D eigenvalue weighted by molar-refractivity contribution is 5.57. The third-order valence-corrected chi connectivity index (χ3v) is 3.62. The zero-order valence-corrected chi connectivity index (χ0v) is 12.9. The Kier molecular flexibility index (Phi) is 3.78. The Morgan fingerprint density at radius 2 is 1.50 bits per heavy atom. The van der Waals surface area contributed by atoms with Crippen LogP contribution in [0, 0.1) is 0 Å². The topological polar surface area (TPSA) is 39.9 Å². The molecule has 4 aromatic rings. The minimum atomic E-state index is 0.794. The number of ether oxygens (including phenoxy) is 1. The lowest BCUT2D eigenvalue weighted by Gasteiger charge is -2.06. The second kappa shape index (κ2) is 6.38. The van der Waals surface area contributed by atoms with Gasteiger partial charge in [-0.15, -0.1) is 0 Å². The van der Waals surface area contributed by atoms with Crippen LogP contribution < -0.4 is 4.74 Å². The predicted octanol–water partition coefficient (Wildman–Crippen LogP) is 4.73. The van der Waals surface area contributed by atoms with E-state index in [2.05, 4.69) is 10.1 Å². The van der Waals surface area contributed by atoms with Gasteiger partial charge in [-0.1, -0.05) is 24.3 Å². The molecule has 0 saturated heterocycles. The largest absolute Gasteiger partial charge is 0.457 e. The summed E-state index contributed by atoms with van der Waals surface area (Å²) in [5.41, 5.74) is 2.87. The van der Waals surface area contributed by atoms with Crippen LogP contribution in [0.5, 0.6) is 11.5 Å².